The number of benzene rings is 1. The first-order chi connectivity index (χ1) is 12.2. The highest BCUT2D eigenvalue weighted by atomic mass is 16.2. The van der Waals surface area contributed by atoms with Crippen molar-refractivity contribution in [2.45, 2.75) is 25.3 Å². The van der Waals surface area contributed by atoms with E-state index in [9.17, 15) is 4.79 Å². The standard InChI is InChI=1S/C19H23N5O/c1-23-18(15(10-20)11-21-23)19(25)24-8-4-6-14(12-24)17-9-13-5-2-3-7-16(13)22-17/h2-3,5,7,9,11,14,22H,4,6,8,10,12,20H2,1H3. The van der Waals surface area contributed by atoms with E-state index >= 15 is 0 Å². The van der Waals surface area contributed by atoms with Crippen molar-refractivity contribution in [2.24, 2.45) is 12.8 Å². The summed E-state index contributed by atoms with van der Waals surface area (Å²) in [4.78, 5) is 18.5. The van der Waals surface area contributed by atoms with E-state index < -0.39 is 0 Å². The molecule has 1 aromatic carbocycles. The Morgan fingerprint density at radius 1 is 1.40 bits per heavy atom. The monoisotopic (exact) mass is 337 g/mol. The molecule has 1 atom stereocenters. The van der Waals surface area contributed by atoms with Gasteiger partial charge in [0, 0.05) is 49.4 Å². The number of aryl methyl sites for hydroxylation is 1. The Kier molecular flexibility index (Phi) is 4.05. The molecule has 6 heteroatoms. The summed E-state index contributed by atoms with van der Waals surface area (Å²) < 4.78 is 1.64. The molecule has 1 saturated heterocycles. The van der Waals surface area contributed by atoms with Crippen LogP contribution < -0.4 is 5.73 Å². The largest absolute Gasteiger partial charge is 0.358 e. The molecular weight excluding hydrogens is 314 g/mol. The zero-order valence-corrected chi connectivity index (χ0v) is 14.4. The molecule has 0 saturated carbocycles. The summed E-state index contributed by atoms with van der Waals surface area (Å²) in [6.45, 7) is 1.83. The van der Waals surface area contributed by atoms with Crippen molar-refractivity contribution < 1.29 is 4.79 Å². The molecule has 1 amide bonds. The topological polar surface area (TPSA) is 79.9 Å². The van der Waals surface area contributed by atoms with Crippen molar-refractivity contribution in [2.75, 3.05) is 13.1 Å². The van der Waals surface area contributed by atoms with Gasteiger partial charge in [0.1, 0.15) is 5.69 Å². The second kappa shape index (κ2) is 6.37. The Morgan fingerprint density at radius 2 is 2.24 bits per heavy atom. The maximum Gasteiger partial charge on any atom is 0.272 e. The number of nitrogens with zero attached hydrogens (tertiary/aromatic N) is 3. The number of aromatic nitrogens is 3. The van der Waals surface area contributed by atoms with Crippen LogP contribution in [0, 0.1) is 0 Å². The molecule has 130 valence electrons. The number of piperidine rings is 1. The first-order valence-corrected chi connectivity index (χ1v) is 8.75. The molecule has 1 unspecified atom stereocenters. The van der Waals surface area contributed by atoms with Crippen LogP contribution in [0.2, 0.25) is 0 Å². The molecule has 6 nitrogen and oxygen atoms in total. The maximum atomic E-state index is 13.0. The van der Waals surface area contributed by atoms with E-state index in [1.54, 1.807) is 17.9 Å². The van der Waals surface area contributed by atoms with Crippen LogP contribution in [0.1, 0.15) is 40.5 Å². The van der Waals surface area contributed by atoms with E-state index in [2.05, 4.69) is 28.3 Å². The number of para-hydroxylation sites is 1. The van der Waals surface area contributed by atoms with Gasteiger partial charge in [0.2, 0.25) is 0 Å². The van der Waals surface area contributed by atoms with Crippen molar-refractivity contribution in [1.29, 1.82) is 0 Å². The van der Waals surface area contributed by atoms with E-state index in [0.717, 1.165) is 37.0 Å². The molecule has 0 bridgehead atoms. The van der Waals surface area contributed by atoms with E-state index in [1.165, 1.54) is 11.1 Å². The highest BCUT2D eigenvalue weighted by Gasteiger charge is 2.29. The number of likely N-dealkylation sites (tertiary alicyclic amines) is 1. The normalized spacial score (nSPS) is 18.0. The molecule has 1 aliphatic heterocycles. The number of aromatic amines is 1. The first kappa shape index (κ1) is 15.9. The minimum atomic E-state index is 0.0289. The third kappa shape index (κ3) is 2.82. The number of nitrogens with two attached hydrogens (primary N) is 1. The Hall–Kier alpha value is -2.60. The summed E-state index contributed by atoms with van der Waals surface area (Å²) in [6.07, 6.45) is 3.78. The van der Waals surface area contributed by atoms with Crippen LogP contribution in [-0.2, 0) is 13.6 Å². The Bertz CT molecular complexity index is 877. The summed E-state index contributed by atoms with van der Waals surface area (Å²) in [6, 6.07) is 10.5. The molecule has 0 spiro atoms. The summed E-state index contributed by atoms with van der Waals surface area (Å²) in [7, 11) is 1.80. The summed E-state index contributed by atoms with van der Waals surface area (Å²) >= 11 is 0. The van der Waals surface area contributed by atoms with Gasteiger partial charge in [0.25, 0.3) is 5.91 Å². The lowest BCUT2D eigenvalue weighted by molar-refractivity contribution is 0.0693. The predicted molar refractivity (Wildman–Crippen MR) is 97.3 cm³/mol. The fourth-order valence-corrected chi connectivity index (χ4v) is 3.79. The Morgan fingerprint density at radius 3 is 3.04 bits per heavy atom. The van der Waals surface area contributed by atoms with Gasteiger partial charge in [-0.25, -0.2) is 0 Å². The first-order valence-electron chi connectivity index (χ1n) is 8.75. The van der Waals surface area contributed by atoms with E-state index in [-0.39, 0.29) is 5.91 Å². The molecule has 0 radical (unpaired) electrons. The van der Waals surface area contributed by atoms with Crippen molar-refractivity contribution in [3.8, 4) is 0 Å². The number of rotatable bonds is 3. The van der Waals surface area contributed by atoms with Crippen LogP contribution in [0.5, 0.6) is 0 Å². The maximum absolute atomic E-state index is 13.0. The molecule has 4 rings (SSSR count). The Balaban J connectivity index is 1.58. The van der Waals surface area contributed by atoms with Gasteiger partial charge >= 0.3 is 0 Å². The number of fused-ring (bicyclic) bond motifs is 1. The smallest absolute Gasteiger partial charge is 0.272 e. The molecule has 1 aliphatic rings. The van der Waals surface area contributed by atoms with Crippen molar-refractivity contribution in [1.82, 2.24) is 19.7 Å². The minimum Gasteiger partial charge on any atom is -0.358 e. The summed E-state index contributed by atoms with van der Waals surface area (Å²) in [5, 5.41) is 5.41. The summed E-state index contributed by atoms with van der Waals surface area (Å²) in [5.41, 5.74) is 9.54. The van der Waals surface area contributed by atoms with E-state index in [4.69, 9.17) is 5.73 Å². The summed E-state index contributed by atoms with van der Waals surface area (Å²) in [5.74, 6) is 0.362. The van der Waals surface area contributed by atoms with Gasteiger partial charge in [-0.3, -0.25) is 9.48 Å². The number of hydrogen-bond donors (Lipinski definition) is 2. The van der Waals surface area contributed by atoms with Crippen LogP contribution in [-0.4, -0.2) is 38.7 Å². The predicted octanol–water partition coefficient (Wildman–Crippen LogP) is 2.38. The third-order valence-corrected chi connectivity index (χ3v) is 5.14. The van der Waals surface area contributed by atoms with Gasteiger partial charge < -0.3 is 15.6 Å². The molecular formula is C19H23N5O. The fourth-order valence-electron chi connectivity index (χ4n) is 3.79. The van der Waals surface area contributed by atoms with Crippen molar-refractivity contribution in [3.63, 3.8) is 0 Å². The zero-order valence-electron chi connectivity index (χ0n) is 14.4. The van der Waals surface area contributed by atoms with E-state index in [0.29, 0.717) is 18.2 Å². The molecule has 0 aliphatic carbocycles. The average molecular weight is 337 g/mol. The minimum absolute atomic E-state index is 0.0289. The number of amides is 1. The second-order valence-electron chi connectivity index (χ2n) is 6.75. The van der Waals surface area contributed by atoms with Crippen molar-refractivity contribution in [3.05, 3.63) is 53.5 Å². The number of carbonyl (C=O) groups is 1. The number of nitrogens with one attached hydrogen (secondary N) is 1. The lowest BCUT2D eigenvalue weighted by Crippen LogP contribution is -2.40. The van der Waals surface area contributed by atoms with Gasteiger partial charge in [-0.1, -0.05) is 18.2 Å². The Labute approximate surface area is 146 Å². The quantitative estimate of drug-likeness (QED) is 0.770. The number of hydrogen-bond acceptors (Lipinski definition) is 3. The molecule has 25 heavy (non-hydrogen) atoms. The van der Waals surface area contributed by atoms with Gasteiger partial charge in [0.15, 0.2) is 0 Å². The molecule has 3 aromatic rings. The highest BCUT2D eigenvalue weighted by Crippen LogP contribution is 2.29. The number of carbonyl (C=O) groups excluding carboxylic acids is 1. The lowest BCUT2D eigenvalue weighted by atomic mass is 9.94. The zero-order chi connectivity index (χ0) is 17.4. The number of H-pyrrole nitrogens is 1. The van der Waals surface area contributed by atoms with Gasteiger partial charge in [-0.2, -0.15) is 5.10 Å². The second-order valence-corrected chi connectivity index (χ2v) is 6.75. The lowest BCUT2D eigenvalue weighted by Gasteiger charge is -2.32. The fraction of sp³-hybridized carbons (Fsp3) is 0.368. The molecule has 1 fully saturated rings. The molecule has 3 heterocycles. The van der Waals surface area contributed by atoms with Crippen LogP contribution >= 0.6 is 0 Å². The molecule has 3 N–H and O–H groups in total. The molecule has 2 aromatic heterocycles. The van der Waals surface area contributed by atoms with Crippen LogP contribution in [0.15, 0.2) is 36.5 Å². The van der Waals surface area contributed by atoms with Gasteiger partial charge in [0.05, 0.1) is 6.20 Å². The highest BCUT2D eigenvalue weighted by molar-refractivity contribution is 5.94. The van der Waals surface area contributed by atoms with Gasteiger partial charge in [-0.15, -0.1) is 0 Å². The van der Waals surface area contributed by atoms with Crippen LogP contribution in [0.4, 0.5) is 0 Å². The third-order valence-electron chi connectivity index (χ3n) is 5.14. The van der Waals surface area contributed by atoms with Crippen LogP contribution in [0.3, 0.4) is 0 Å². The van der Waals surface area contributed by atoms with Crippen LogP contribution in [0.25, 0.3) is 10.9 Å². The average Bonchev–Trinajstić information content (AvgIpc) is 3.24. The van der Waals surface area contributed by atoms with Gasteiger partial charge in [-0.05, 0) is 30.4 Å². The van der Waals surface area contributed by atoms with E-state index in [1.807, 2.05) is 17.0 Å². The SMILES string of the molecule is Cn1ncc(CN)c1C(=O)N1CCCC(c2cc3ccccc3[nH]2)C1. The van der Waals surface area contributed by atoms with Crippen molar-refractivity contribution >= 4 is 16.8 Å².